The number of hydrogen-bond acceptors (Lipinski definition) is 4. The normalized spacial score (nSPS) is 11.7. The lowest BCUT2D eigenvalue weighted by Gasteiger charge is -2.22. The number of likely N-dealkylation sites (N-methyl/N-ethyl adjacent to an activating group) is 1. The van der Waals surface area contributed by atoms with Gasteiger partial charge in [0, 0.05) is 0 Å². The molecule has 0 aliphatic rings. The summed E-state index contributed by atoms with van der Waals surface area (Å²) in [5, 5.41) is 6.86. The van der Waals surface area contributed by atoms with Gasteiger partial charge in [0.05, 0.1) is 23.1 Å². The van der Waals surface area contributed by atoms with E-state index in [0.717, 1.165) is 0 Å². The van der Waals surface area contributed by atoms with Crippen LogP contribution in [0.2, 0.25) is 0 Å². The van der Waals surface area contributed by atoms with Crippen LogP contribution in [-0.2, 0) is 0 Å². The van der Waals surface area contributed by atoms with Gasteiger partial charge in [0.2, 0.25) is 0 Å². The fourth-order valence-corrected chi connectivity index (χ4v) is 0.999. The van der Waals surface area contributed by atoms with Gasteiger partial charge in [0.15, 0.2) is 0 Å². The first-order valence-electron chi connectivity index (χ1n) is 4.44. The van der Waals surface area contributed by atoms with Gasteiger partial charge in [-0.05, 0) is 27.8 Å². The summed E-state index contributed by atoms with van der Waals surface area (Å²) in [6, 6.07) is 0. The molecule has 1 aromatic heterocycles. The highest BCUT2D eigenvalue weighted by molar-refractivity contribution is 5.88. The highest BCUT2D eigenvalue weighted by atomic mass is 16.2. The second-order valence-electron chi connectivity index (χ2n) is 3.78. The minimum Gasteiger partial charge on any atom is -0.396 e. The molecule has 78 valence electrons. The van der Waals surface area contributed by atoms with Gasteiger partial charge < -0.3 is 11.1 Å². The molecule has 0 unspecified atom stereocenters. The van der Waals surface area contributed by atoms with Gasteiger partial charge in [-0.15, -0.1) is 0 Å². The third kappa shape index (κ3) is 1.63. The topological polar surface area (TPSA) is 72.9 Å². The molecule has 0 amide bonds. The summed E-state index contributed by atoms with van der Waals surface area (Å²) >= 11 is 0. The number of nitrogen functional groups attached to an aromatic ring is 1. The number of aromatic nitrogens is 2. The molecule has 0 aromatic carbocycles. The molecule has 0 aliphatic heterocycles. The van der Waals surface area contributed by atoms with Crippen molar-refractivity contribution in [1.82, 2.24) is 15.1 Å². The molecule has 14 heavy (non-hydrogen) atoms. The molecule has 0 atom stereocenters. The lowest BCUT2D eigenvalue weighted by Crippen LogP contribution is -2.47. The molecule has 3 N–H and O–H groups in total. The summed E-state index contributed by atoms with van der Waals surface area (Å²) < 4.78 is 1.33. The first kappa shape index (κ1) is 10.7. The number of rotatable bonds is 2. The lowest BCUT2D eigenvalue weighted by atomic mass is 10.1. The van der Waals surface area contributed by atoms with Crippen LogP contribution in [0.5, 0.6) is 0 Å². The molecule has 5 heteroatoms. The third-order valence-electron chi connectivity index (χ3n) is 2.40. The number of hydrogen-bond donors (Lipinski definition) is 2. The number of carbonyl (C=O) groups is 1. The molecule has 1 rings (SSSR count). The van der Waals surface area contributed by atoms with Crippen LogP contribution in [0.1, 0.15) is 24.3 Å². The third-order valence-corrected chi connectivity index (χ3v) is 2.40. The minimum atomic E-state index is -0.636. The standard InChI is InChI=1S/C9H16N4O/c1-6-7(10)5-12-13(6)8(14)9(2,3)11-4/h5,11H,10H2,1-4H3. The zero-order valence-electron chi connectivity index (χ0n) is 8.96. The molecular formula is C9H16N4O. The second kappa shape index (κ2) is 3.42. The Kier molecular flexibility index (Phi) is 2.62. The van der Waals surface area contributed by atoms with E-state index in [-0.39, 0.29) is 5.91 Å². The van der Waals surface area contributed by atoms with E-state index in [0.29, 0.717) is 11.4 Å². The molecule has 0 bridgehead atoms. The van der Waals surface area contributed by atoms with Crippen molar-refractivity contribution in [3.05, 3.63) is 11.9 Å². The SMILES string of the molecule is CNC(C)(C)C(=O)n1ncc(N)c1C. The Bertz CT molecular complexity index is 354. The van der Waals surface area contributed by atoms with E-state index in [1.807, 2.05) is 0 Å². The van der Waals surface area contributed by atoms with Crippen molar-refractivity contribution in [3.8, 4) is 0 Å². The quantitative estimate of drug-likeness (QED) is 0.718. The van der Waals surface area contributed by atoms with E-state index in [1.54, 1.807) is 27.8 Å². The maximum Gasteiger partial charge on any atom is 0.266 e. The number of nitrogens with two attached hydrogens (primary N) is 1. The van der Waals surface area contributed by atoms with Gasteiger partial charge in [-0.3, -0.25) is 4.79 Å². The molecule has 0 fully saturated rings. The van der Waals surface area contributed by atoms with Crippen LogP contribution in [0.25, 0.3) is 0 Å². The van der Waals surface area contributed by atoms with Crippen molar-refractivity contribution in [2.24, 2.45) is 0 Å². The summed E-state index contributed by atoms with van der Waals surface area (Å²) in [6.45, 7) is 5.37. The van der Waals surface area contributed by atoms with Gasteiger partial charge >= 0.3 is 0 Å². The zero-order valence-corrected chi connectivity index (χ0v) is 8.96. The van der Waals surface area contributed by atoms with Crippen LogP contribution in [-0.4, -0.2) is 28.3 Å². The molecule has 0 aliphatic carbocycles. The van der Waals surface area contributed by atoms with Crippen LogP contribution in [0, 0.1) is 6.92 Å². The van der Waals surface area contributed by atoms with E-state index >= 15 is 0 Å². The number of nitrogens with one attached hydrogen (secondary N) is 1. The van der Waals surface area contributed by atoms with Gasteiger partial charge in [0.1, 0.15) is 0 Å². The summed E-state index contributed by atoms with van der Waals surface area (Å²) in [5.74, 6) is -0.116. The van der Waals surface area contributed by atoms with Gasteiger partial charge in [-0.25, -0.2) is 4.68 Å². The van der Waals surface area contributed by atoms with Crippen LogP contribution in [0.3, 0.4) is 0 Å². The van der Waals surface area contributed by atoms with Crippen LogP contribution >= 0.6 is 0 Å². The predicted octanol–water partition coefficient (Wildman–Crippen LogP) is 0.412. The summed E-state index contributed by atoms with van der Waals surface area (Å²) in [7, 11) is 1.74. The van der Waals surface area contributed by atoms with Crippen molar-refractivity contribution in [1.29, 1.82) is 0 Å². The Hall–Kier alpha value is -1.36. The summed E-state index contributed by atoms with van der Waals surface area (Å²) in [4.78, 5) is 11.9. The first-order chi connectivity index (χ1) is 6.40. The Morgan fingerprint density at radius 2 is 2.21 bits per heavy atom. The monoisotopic (exact) mass is 196 g/mol. The Morgan fingerprint density at radius 3 is 2.57 bits per heavy atom. The van der Waals surface area contributed by atoms with Crippen molar-refractivity contribution in [2.45, 2.75) is 26.3 Å². The zero-order chi connectivity index (χ0) is 10.9. The first-order valence-corrected chi connectivity index (χ1v) is 4.44. The summed E-state index contributed by atoms with van der Waals surface area (Å²) in [6.07, 6.45) is 1.49. The average molecular weight is 196 g/mol. The molecule has 5 nitrogen and oxygen atoms in total. The average Bonchev–Trinajstić information content (AvgIpc) is 2.47. The minimum absolute atomic E-state index is 0.116. The summed E-state index contributed by atoms with van der Waals surface area (Å²) in [5.41, 5.74) is 6.18. The maximum absolute atomic E-state index is 11.9. The molecule has 0 saturated carbocycles. The molecule has 0 radical (unpaired) electrons. The fraction of sp³-hybridized carbons (Fsp3) is 0.556. The van der Waals surface area contributed by atoms with Gasteiger partial charge in [-0.2, -0.15) is 5.10 Å². The van der Waals surface area contributed by atoms with E-state index in [1.165, 1.54) is 10.9 Å². The lowest BCUT2D eigenvalue weighted by molar-refractivity contribution is 0.0781. The molecular weight excluding hydrogens is 180 g/mol. The maximum atomic E-state index is 11.9. The smallest absolute Gasteiger partial charge is 0.266 e. The highest BCUT2D eigenvalue weighted by Crippen LogP contribution is 2.12. The van der Waals surface area contributed by atoms with E-state index < -0.39 is 5.54 Å². The molecule has 0 saturated heterocycles. The highest BCUT2D eigenvalue weighted by Gasteiger charge is 2.28. The Balaban J connectivity index is 3.07. The van der Waals surface area contributed by atoms with Crippen molar-refractivity contribution >= 4 is 11.6 Å². The predicted molar refractivity (Wildman–Crippen MR) is 55.1 cm³/mol. The van der Waals surface area contributed by atoms with Crippen LogP contribution < -0.4 is 11.1 Å². The van der Waals surface area contributed by atoms with Crippen LogP contribution in [0.4, 0.5) is 5.69 Å². The number of carbonyl (C=O) groups excluding carboxylic acids is 1. The second-order valence-corrected chi connectivity index (χ2v) is 3.78. The Morgan fingerprint density at radius 1 is 1.64 bits per heavy atom. The van der Waals surface area contributed by atoms with Crippen LogP contribution in [0.15, 0.2) is 6.20 Å². The van der Waals surface area contributed by atoms with Gasteiger partial charge in [0.25, 0.3) is 5.91 Å². The van der Waals surface area contributed by atoms with Gasteiger partial charge in [-0.1, -0.05) is 0 Å². The van der Waals surface area contributed by atoms with Crippen molar-refractivity contribution in [2.75, 3.05) is 12.8 Å². The fourth-order valence-electron chi connectivity index (χ4n) is 0.999. The van der Waals surface area contributed by atoms with E-state index in [9.17, 15) is 4.79 Å². The molecule has 1 aromatic rings. The Labute approximate surface area is 83.3 Å². The largest absolute Gasteiger partial charge is 0.396 e. The number of nitrogens with zero attached hydrogens (tertiary/aromatic N) is 2. The van der Waals surface area contributed by atoms with Crippen molar-refractivity contribution < 1.29 is 4.79 Å². The van der Waals surface area contributed by atoms with Crippen molar-refractivity contribution in [3.63, 3.8) is 0 Å². The number of anilines is 1. The molecule has 1 heterocycles. The van der Waals surface area contributed by atoms with E-state index in [2.05, 4.69) is 10.4 Å². The van der Waals surface area contributed by atoms with E-state index in [4.69, 9.17) is 5.73 Å². The molecule has 0 spiro atoms.